The van der Waals surface area contributed by atoms with Crippen LogP contribution in [0, 0.1) is 6.92 Å². The Morgan fingerprint density at radius 3 is 2.74 bits per heavy atom. The molecule has 0 spiro atoms. The summed E-state index contributed by atoms with van der Waals surface area (Å²) in [6.07, 6.45) is 2.38. The van der Waals surface area contributed by atoms with Gasteiger partial charge in [0.2, 0.25) is 0 Å². The van der Waals surface area contributed by atoms with E-state index in [0.29, 0.717) is 5.92 Å². The monoisotopic (exact) mass is 370 g/mol. The molecule has 1 unspecified atom stereocenters. The molecule has 0 N–H and O–H groups in total. The maximum Gasteiger partial charge on any atom is 0.146 e. The van der Waals surface area contributed by atoms with E-state index in [2.05, 4.69) is 61.7 Å². The fourth-order valence-electron chi connectivity index (χ4n) is 4.15. The molecule has 1 atom stereocenters. The van der Waals surface area contributed by atoms with Gasteiger partial charge in [0, 0.05) is 44.8 Å². The summed E-state index contributed by atoms with van der Waals surface area (Å²) in [5.41, 5.74) is 2.24. The van der Waals surface area contributed by atoms with Crippen LogP contribution in [-0.2, 0) is 24.9 Å². The molecule has 2 saturated heterocycles. The first kappa shape index (κ1) is 18.5. The maximum atomic E-state index is 5.44. The van der Waals surface area contributed by atoms with Gasteiger partial charge in [0.05, 0.1) is 25.5 Å². The Morgan fingerprint density at radius 1 is 1.07 bits per heavy atom. The van der Waals surface area contributed by atoms with Gasteiger partial charge in [0.25, 0.3) is 0 Å². The van der Waals surface area contributed by atoms with Crippen molar-refractivity contribution in [3.8, 4) is 0 Å². The van der Waals surface area contributed by atoms with E-state index in [-0.39, 0.29) is 0 Å². The van der Waals surface area contributed by atoms with E-state index in [1.807, 2.05) is 0 Å². The lowest BCUT2D eigenvalue weighted by molar-refractivity contribution is 0.0326. The molecule has 4 rings (SSSR count). The number of rotatable bonds is 5. The second kappa shape index (κ2) is 8.46. The Hall–Kier alpha value is -1.83. The molecular weight excluding hydrogens is 340 g/mol. The lowest BCUT2D eigenvalue weighted by Gasteiger charge is -2.32. The summed E-state index contributed by atoms with van der Waals surface area (Å²) in [4.78, 5) is 9.56. The SMILES string of the molecule is Cc1cccc(CN2CCCC(c3nnc(CN4CCOCC4)n3C)C2)n1. The van der Waals surface area contributed by atoms with Gasteiger partial charge in [0.15, 0.2) is 0 Å². The molecule has 2 aromatic heterocycles. The zero-order chi connectivity index (χ0) is 18.6. The first-order chi connectivity index (χ1) is 13.2. The van der Waals surface area contributed by atoms with Crippen molar-refractivity contribution in [3.05, 3.63) is 41.2 Å². The average molecular weight is 371 g/mol. The quantitative estimate of drug-likeness (QED) is 0.799. The Bertz CT molecular complexity index is 755. The highest BCUT2D eigenvalue weighted by Gasteiger charge is 2.26. The van der Waals surface area contributed by atoms with E-state index in [1.54, 1.807) is 0 Å². The van der Waals surface area contributed by atoms with Crippen molar-refractivity contribution in [2.24, 2.45) is 7.05 Å². The molecule has 0 saturated carbocycles. The number of hydrogen-bond acceptors (Lipinski definition) is 6. The standard InChI is InChI=1S/C20H30N6O/c1-16-5-3-7-18(21-16)14-26-8-4-6-17(13-26)20-23-22-19(24(20)2)15-25-9-11-27-12-10-25/h3,5,7,17H,4,6,8-15H2,1-2H3. The van der Waals surface area contributed by atoms with E-state index < -0.39 is 0 Å². The Kier molecular flexibility index (Phi) is 5.80. The van der Waals surface area contributed by atoms with Gasteiger partial charge in [0.1, 0.15) is 11.6 Å². The van der Waals surface area contributed by atoms with Crippen molar-refractivity contribution in [1.29, 1.82) is 0 Å². The molecule has 7 heteroatoms. The molecule has 2 fully saturated rings. The van der Waals surface area contributed by atoms with Crippen molar-refractivity contribution < 1.29 is 4.74 Å². The van der Waals surface area contributed by atoms with E-state index in [4.69, 9.17) is 4.74 Å². The summed E-state index contributed by atoms with van der Waals surface area (Å²) in [6, 6.07) is 6.27. The molecule has 4 heterocycles. The molecule has 0 bridgehead atoms. The fraction of sp³-hybridized carbons (Fsp3) is 0.650. The summed E-state index contributed by atoms with van der Waals surface area (Å²) in [7, 11) is 2.12. The van der Waals surface area contributed by atoms with Crippen LogP contribution in [0.4, 0.5) is 0 Å². The zero-order valence-corrected chi connectivity index (χ0v) is 16.5. The van der Waals surface area contributed by atoms with Crippen LogP contribution in [0.2, 0.25) is 0 Å². The van der Waals surface area contributed by atoms with Crippen LogP contribution in [0.25, 0.3) is 0 Å². The number of ether oxygens (including phenoxy) is 1. The fourth-order valence-corrected chi connectivity index (χ4v) is 4.15. The van der Waals surface area contributed by atoms with Gasteiger partial charge < -0.3 is 9.30 Å². The van der Waals surface area contributed by atoms with Crippen LogP contribution in [0.15, 0.2) is 18.2 Å². The Labute approximate surface area is 161 Å². The van der Waals surface area contributed by atoms with Gasteiger partial charge in [-0.1, -0.05) is 6.07 Å². The average Bonchev–Trinajstić information content (AvgIpc) is 3.03. The second-order valence-corrected chi connectivity index (χ2v) is 7.77. The van der Waals surface area contributed by atoms with Crippen LogP contribution in [0.3, 0.4) is 0 Å². The largest absolute Gasteiger partial charge is 0.379 e. The first-order valence-electron chi connectivity index (χ1n) is 10.0. The van der Waals surface area contributed by atoms with Crippen LogP contribution in [-0.4, -0.2) is 68.9 Å². The topological polar surface area (TPSA) is 59.3 Å². The number of piperidine rings is 1. The number of aryl methyl sites for hydroxylation is 1. The number of likely N-dealkylation sites (tertiary alicyclic amines) is 1. The van der Waals surface area contributed by atoms with E-state index >= 15 is 0 Å². The summed E-state index contributed by atoms with van der Waals surface area (Å²) in [5, 5.41) is 9.08. The molecule has 0 aliphatic carbocycles. The molecule has 146 valence electrons. The van der Waals surface area contributed by atoms with Crippen LogP contribution in [0.1, 0.15) is 41.8 Å². The van der Waals surface area contributed by atoms with Crippen molar-refractivity contribution in [2.45, 2.75) is 38.8 Å². The first-order valence-corrected chi connectivity index (χ1v) is 10.0. The van der Waals surface area contributed by atoms with Gasteiger partial charge in [-0.3, -0.25) is 14.8 Å². The molecule has 2 aromatic rings. The third kappa shape index (κ3) is 4.54. The number of aromatic nitrogens is 4. The second-order valence-electron chi connectivity index (χ2n) is 7.77. The summed E-state index contributed by atoms with van der Waals surface area (Å²) < 4.78 is 7.66. The molecule has 2 aliphatic rings. The summed E-state index contributed by atoms with van der Waals surface area (Å²) in [6.45, 7) is 9.56. The summed E-state index contributed by atoms with van der Waals surface area (Å²) >= 11 is 0. The minimum Gasteiger partial charge on any atom is -0.379 e. The van der Waals surface area contributed by atoms with Gasteiger partial charge >= 0.3 is 0 Å². The predicted molar refractivity (Wildman–Crippen MR) is 103 cm³/mol. The van der Waals surface area contributed by atoms with Crippen LogP contribution < -0.4 is 0 Å². The van der Waals surface area contributed by atoms with Crippen LogP contribution >= 0.6 is 0 Å². The Balaban J connectivity index is 1.40. The zero-order valence-electron chi connectivity index (χ0n) is 16.5. The summed E-state index contributed by atoms with van der Waals surface area (Å²) in [5.74, 6) is 2.63. The lowest BCUT2D eigenvalue weighted by atomic mass is 9.97. The molecule has 0 radical (unpaired) electrons. The predicted octanol–water partition coefficient (Wildman–Crippen LogP) is 1.73. The smallest absolute Gasteiger partial charge is 0.146 e. The molecule has 0 amide bonds. The number of hydrogen-bond donors (Lipinski definition) is 0. The maximum absolute atomic E-state index is 5.44. The van der Waals surface area contributed by atoms with Crippen molar-refractivity contribution >= 4 is 0 Å². The Morgan fingerprint density at radius 2 is 1.93 bits per heavy atom. The minimum atomic E-state index is 0.444. The van der Waals surface area contributed by atoms with Gasteiger partial charge in [-0.2, -0.15) is 0 Å². The lowest BCUT2D eigenvalue weighted by Crippen LogP contribution is -2.36. The minimum absolute atomic E-state index is 0.444. The molecule has 0 aromatic carbocycles. The van der Waals surface area contributed by atoms with E-state index in [9.17, 15) is 0 Å². The number of pyridine rings is 1. The molecule has 7 nitrogen and oxygen atoms in total. The molecule has 2 aliphatic heterocycles. The van der Waals surface area contributed by atoms with Crippen molar-refractivity contribution in [1.82, 2.24) is 29.5 Å². The normalized spacial score (nSPS) is 22.2. The van der Waals surface area contributed by atoms with Crippen LogP contribution in [0.5, 0.6) is 0 Å². The highest BCUT2D eigenvalue weighted by Crippen LogP contribution is 2.26. The number of nitrogens with zero attached hydrogens (tertiary/aromatic N) is 6. The third-order valence-electron chi connectivity index (χ3n) is 5.67. The third-order valence-corrected chi connectivity index (χ3v) is 5.67. The molecular formula is C20H30N6O. The van der Waals surface area contributed by atoms with Crippen molar-refractivity contribution in [3.63, 3.8) is 0 Å². The number of morpholine rings is 1. The van der Waals surface area contributed by atoms with Gasteiger partial charge in [-0.25, -0.2) is 0 Å². The highest BCUT2D eigenvalue weighted by molar-refractivity contribution is 5.10. The van der Waals surface area contributed by atoms with Crippen molar-refractivity contribution in [2.75, 3.05) is 39.4 Å². The highest BCUT2D eigenvalue weighted by atomic mass is 16.5. The molecule has 27 heavy (non-hydrogen) atoms. The van der Waals surface area contributed by atoms with E-state index in [1.165, 1.54) is 12.8 Å². The van der Waals surface area contributed by atoms with Gasteiger partial charge in [-0.05, 0) is 38.4 Å². The van der Waals surface area contributed by atoms with E-state index in [0.717, 1.165) is 75.5 Å². The van der Waals surface area contributed by atoms with Gasteiger partial charge in [-0.15, -0.1) is 10.2 Å².